The number of aromatic hydroxyl groups is 1. The first-order valence-corrected chi connectivity index (χ1v) is 8.77. The number of hydrogen-bond acceptors (Lipinski definition) is 4. The number of H-pyrrole nitrogens is 1. The van der Waals surface area contributed by atoms with Crippen LogP contribution in [-0.2, 0) is 0 Å². The highest BCUT2D eigenvalue weighted by Gasteiger charge is 2.09. The predicted molar refractivity (Wildman–Crippen MR) is 108 cm³/mol. The fourth-order valence-corrected chi connectivity index (χ4v) is 3.20. The summed E-state index contributed by atoms with van der Waals surface area (Å²) < 4.78 is 0. The number of nitrogens with zero attached hydrogens (tertiary/aromatic N) is 3. The highest BCUT2D eigenvalue weighted by atomic mass is 16.3. The maximum Gasteiger partial charge on any atom is 0.196 e. The topological polar surface area (TPSA) is 73.6 Å². The van der Waals surface area contributed by atoms with E-state index in [-0.39, 0.29) is 5.88 Å². The second-order valence-corrected chi connectivity index (χ2v) is 6.39. The van der Waals surface area contributed by atoms with E-state index in [1.54, 1.807) is 12.4 Å². The van der Waals surface area contributed by atoms with Crippen molar-refractivity contribution in [3.63, 3.8) is 0 Å². The Bertz CT molecular complexity index is 1420. The molecule has 0 spiro atoms. The van der Waals surface area contributed by atoms with Crippen molar-refractivity contribution < 1.29 is 5.11 Å². The molecule has 1 aliphatic heterocycles. The third-order valence-electron chi connectivity index (χ3n) is 4.56. The van der Waals surface area contributed by atoms with Crippen molar-refractivity contribution in [3.05, 3.63) is 88.6 Å². The molecule has 2 aromatic carbocycles. The average molecular weight is 362 g/mol. The van der Waals surface area contributed by atoms with E-state index in [2.05, 4.69) is 32.0 Å². The number of fused-ring (bicyclic) bond motifs is 2. The first-order valence-electron chi connectivity index (χ1n) is 8.77. The highest BCUT2D eigenvalue weighted by molar-refractivity contribution is 5.91. The van der Waals surface area contributed by atoms with Gasteiger partial charge >= 0.3 is 0 Å². The molecule has 0 atom stereocenters. The summed E-state index contributed by atoms with van der Waals surface area (Å²) in [6.07, 6.45) is 5.36. The van der Waals surface area contributed by atoms with Crippen LogP contribution in [0.5, 0.6) is 5.88 Å². The molecule has 3 heterocycles. The number of hydrogen-bond donors (Lipinski definition) is 2. The van der Waals surface area contributed by atoms with Crippen molar-refractivity contribution in [2.75, 3.05) is 0 Å². The summed E-state index contributed by atoms with van der Waals surface area (Å²) in [6.45, 7) is 0. The summed E-state index contributed by atoms with van der Waals surface area (Å²) in [7, 11) is 0. The van der Waals surface area contributed by atoms with Crippen molar-refractivity contribution in [3.8, 4) is 17.7 Å². The van der Waals surface area contributed by atoms with Crippen molar-refractivity contribution in [2.24, 2.45) is 10.2 Å². The van der Waals surface area contributed by atoms with Crippen molar-refractivity contribution in [1.82, 2.24) is 9.97 Å². The second-order valence-electron chi connectivity index (χ2n) is 6.39. The van der Waals surface area contributed by atoms with E-state index < -0.39 is 0 Å². The fraction of sp³-hybridized carbons (Fsp3) is 0. The number of azo groups is 1. The number of nitrogens with one attached hydrogen (secondary N) is 1. The Hall–Kier alpha value is -4.17. The molecular weight excluding hydrogens is 348 g/mol. The molecule has 0 fully saturated rings. The lowest BCUT2D eigenvalue weighted by molar-refractivity contribution is 0.457. The summed E-state index contributed by atoms with van der Waals surface area (Å²) in [5.41, 5.74) is 3.89. The summed E-state index contributed by atoms with van der Waals surface area (Å²) in [6, 6.07) is 17.4. The minimum atomic E-state index is 0.151. The van der Waals surface area contributed by atoms with Crippen LogP contribution in [0.3, 0.4) is 0 Å². The van der Waals surface area contributed by atoms with Crippen LogP contribution in [0, 0.1) is 11.8 Å². The normalized spacial score (nSPS) is 12.9. The van der Waals surface area contributed by atoms with Gasteiger partial charge in [0, 0.05) is 39.6 Å². The SMILES string of the molecule is Oc1[nH]c2ccccc2c1C=c1ccc2c(c1)N=NC=2C#Cc1cccnc1. The van der Waals surface area contributed by atoms with Gasteiger partial charge in [0.1, 0.15) is 5.70 Å². The Morgan fingerprint density at radius 2 is 1.89 bits per heavy atom. The van der Waals surface area contributed by atoms with Crippen LogP contribution < -0.4 is 10.4 Å². The Kier molecular flexibility index (Phi) is 3.74. The molecule has 28 heavy (non-hydrogen) atoms. The summed E-state index contributed by atoms with van der Waals surface area (Å²) >= 11 is 0. The van der Waals surface area contributed by atoms with Gasteiger partial charge in [-0.25, -0.2) is 0 Å². The van der Waals surface area contributed by atoms with E-state index in [1.807, 2.05) is 60.7 Å². The lowest BCUT2D eigenvalue weighted by Crippen LogP contribution is -2.08. The molecule has 5 nitrogen and oxygen atoms in total. The monoisotopic (exact) mass is 362 g/mol. The van der Waals surface area contributed by atoms with E-state index in [1.165, 1.54) is 0 Å². The molecule has 0 saturated carbocycles. The fourth-order valence-electron chi connectivity index (χ4n) is 3.20. The zero-order chi connectivity index (χ0) is 18.9. The standard InChI is InChI=1S/C23H14N4O/c28-23-19(17-5-1-2-6-20(17)25-23)12-16-7-9-18-21(26-27-22(18)13-16)10-8-15-4-3-11-24-14-15/h1-7,9,11-14,25,28H. The lowest BCUT2D eigenvalue weighted by Gasteiger charge is -1.94. The molecule has 2 aromatic heterocycles. The first-order chi connectivity index (χ1) is 13.8. The van der Waals surface area contributed by atoms with Gasteiger partial charge in [0.05, 0.1) is 5.69 Å². The van der Waals surface area contributed by atoms with Crippen LogP contribution in [0.15, 0.2) is 77.2 Å². The minimum Gasteiger partial charge on any atom is -0.494 e. The Morgan fingerprint density at radius 3 is 2.79 bits per heavy atom. The van der Waals surface area contributed by atoms with Crippen LogP contribution >= 0.6 is 0 Å². The summed E-state index contributed by atoms with van der Waals surface area (Å²) in [4.78, 5) is 7.05. The van der Waals surface area contributed by atoms with Gasteiger partial charge in [0.2, 0.25) is 0 Å². The second kappa shape index (κ2) is 6.53. The van der Waals surface area contributed by atoms with Gasteiger partial charge in [0.15, 0.2) is 5.88 Å². The maximum absolute atomic E-state index is 10.3. The van der Waals surface area contributed by atoms with Gasteiger partial charge in [-0.1, -0.05) is 30.2 Å². The predicted octanol–water partition coefficient (Wildman–Crippen LogP) is 3.35. The van der Waals surface area contributed by atoms with Crippen LogP contribution in [0.1, 0.15) is 11.1 Å². The molecule has 5 heteroatoms. The molecule has 1 aliphatic rings. The third-order valence-corrected chi connectivity index (χ3v) is 4.56. The largest absolute Gasteiger partial charge is 0.494 e. The third kappa shape index (κ3) is 2.83. The lowest BCUT2D eigenvalue weighted by atomic mass is 10.1. The maximum atomic E-state index is 10.3. The number of rotatable bonds is 1. The van der Waals surface area contributed by atoms with Crippen molar-refractivity contribution >= 4 is 28.4 Å². The van der Waals surface area contributed by atoms with Crippen LogP contribution in [0.25, 0.3) is 22.7 Å². The molecule has 0 aliphatic carbocycles. The average Bonchev–Trinajstić information content (AvgIpc) is 3.28. The summed E-state index contributed by atoms with van der Waals surface area (Å²) in [5.74, 6) is 6.27. The van der Waals surface area contributed by atoms with E-state index in [0.29, 0.717) is 5.70 Å². The zero-order valence-corrected chi connectivity index (χ0v) is 14.7. The molecule has 0 bridgehead atoms. The van der Waals surface area contributed by atoms with Crippen molar-refractivity contribution in [1.29, 1.82) is 0 Å². The van der Waals surface area contributed by atoms with Crippen LogP contribution in [-0.4, -0.2) is 15.1 Å². The van der Waals surface area contributed by atoms with Crippen molar-refractivity contribution in [2.45, 2.75) is 0 Å². The van der Waals surface area contributed by atoms with E-state index in [4.69, 9.17) is 0 Å². The number of benzene rings is 2. The molecular formula is C23H14N4O. The van der Waals surface area contributed by atoms with Crippen LogP contribution in [0.2, 0.25) is 0 Å². The Morgan fingerprint density at radius 1 is 0.964 bits per heavy atom. The molecule has 0 amide bonds. The highest BCUT2D eigenvalue weighted by Crippen LogP contribution is 2.27. The minimum absolute atomic E-state index is 0.151. The summed E-state index contributed by atoms with van der Waals surface area (Å²) in [5, 5.41) is 21.5. The number of para-hydroxylation sites is 1. The molecule has 0 unspecified atom stereocenters. The van der Waals surface area contributed by atoms with Gasteiger partial charge < -0.3 is 10.1 Å². The van der Waals surface area contributed by atoms with Gasteiger partial charge in [-0.05, 0) is 47.5 Å². The van der Waals surface area contributed by atoms with Gasteiger partial charge in [0.25, 0.3) is 0 Å². The number of pyridine rings is 1. The molecule has 132 valence electrons. The molecule has 4 aromatic rings. The Balaban J connectivity index is 1.58. The molecule has 0 radical (unpaired) electrons. The van der Waals surface area contributed by atoms with E-state index in [0.717, 1.165) is 38.2 Å². The number of aromatic amines is 1. The van der Waals surface area contributed by atoms with Gasteiger partial charge in [-0.15, -0.1) is 10.2 Å². The van der Waals surface area contributed by atoms with E-state index >= 15 is 0 Å². The molecule has 5 rings (SSSR count). The van der Waals surface area contributed by atoms with E-state index in [9.17, 15) is 5.11 Å². The van der Waals surface area contributed by atoms with Gasteiger partial charge in [-0.2, -0.15) is 0 Å². The number of aromatic nitrogens is 2. The molecule has 0 saturated heterocycles. The first kappa shape index (κ1) is 16.0. The van der Waals surface area contributed by atoms with Gasteiger partial charge in [-0.3, -0.25) is 4.98 Å². The zero-order valence-electron chi connectivity index (χ0n) is 14.7. The smallest absolute Gasteiger partial charge is 0.196 e. The quantitative estimate of drug-likeness (QED) is 0.510. The van der Waals surface area contributed by atoms with Crippen LogP contribution in [0.4, 0.5) is 5.69 Å². The Labute approximate surface area is 160 Å². The molecule has 2 N–H and O–H groups in total.